The number of nitrogens with one attached hydrogen (secondary N) is 1. The molecule has 0 bridgehead atoms. The van der Waals surface area contributed by atoms with E-state index in [0.29, 0.717) is 12.8 Å². The molecule has 1 unspecified atom stereocenters. The molecule has 5 nitrogen and oxygen atoms in total. The maximum atomic E-state index is 12.7. The number of carbonyl (C=O) groups is 1. The van der Waals surface area contributed by atoms with Crippen LogP contribution in [0.15, 0.2) is 36.4 Å². The highest BCUT2D eigenvalue weighted by atomic mass is 16.5. The van der Waals surface area contributed by atoms with Crippen molar-refractivity contribution in [1.82, 2.24) is 5.32 Å². The van der Waals surface area contributed by atoms with Crippen LogP contribution in [-0.4, -0.2) is 25.7 Å². The minimum Gasteiger partial charge on any atom is -0.497 e. The van der Waals surface area contributed by atoms with Crippen molar-refractivity contribution in [2.24, 2.45) is 0 Å². The molecule has 0 aromatic heterocycles. The van der Waals surface area contributed by atoms with Gasteiger partial charge in [-0.15, -0.1) is 0 Å². The van der Waals surface area contributed by atoms with E-state index in [1.54, 1.807) is 14.2 Å². The summed E-state index contributed by atoms with van der Waals surface area (Å²) in [6.45, 7) is 6.04. The molecule has 1 N–H and O–H groups in total. The molecule has 2 aromatic rings. The molecular weight excluding hydrogens is 342 g/mol. The van der Waals surface area contributed by atoms with Crippen molar-refractivity contribution >= 4 is 5.91 Å². The van der Waals surface area contributed by atoms with E-state index in [0.717, 1.165) is 33.9 Å². The van der Waals surface area contributed by atoms with Crippen LogP contribution in [0.5, 0.6) is 17.2 Å². The third-order valence-corrected chi connectivity index (χ3v) is 4.83. The summed E-state index contributed by atoms with van der Waals surface area (Å²) in [5, 5.41) is 3.17. The van der Waals surface area contributed by atoms with Gasteiger partial charge in [0.05, 0.1) is 26.7 Å². The first-order chi connectivity index (χ1) is 12.8. The third-order valence-electron chi connectivity index (χ3n) is 4.83. The lowest BCUT2D eigenvalue weighted by Gasteiger charge is -2.38. The highest BCUT2D eigenvalue weighted by Gasteiger charge is 2.34. The first-order valence-corrected chi connectivity index (χ1v) is 9.11. The Bertz CT molecular complexity index is 844. The minimum atomic E-state index is -0.351. The quantitative estimate of drug-likeness (QED) is 0.866. The Morgan fingerprint density at radius 1 is 1.19 bits per heavy atom. The maximum Gasteiger partial charge on any atom is 0.224 e. The number of hydrogen-bond acceptors (Lipinski definition) is 4. The van der Waals surface area contributed by atoms with E-state index in [-0.39, 0.29) is 17.6 Å². The van der Waals surface area contributed by atoms with Crippen LogP contribution in [0.4, 0.5) is 0 Å². The Morgan fingerprint density at radius 2 is 1.96 bits per heavy atom. The molecule has 1 atom stereocenters. The van der Waals surface area contributed by atoms with Crippen molar-refractivity contribution < 1.29 is 19.0 Å². The zero-order chi connectivity index (χ0) is 19.6. The lowest BCUT2D eigenvalue weighted by molar-refractivity contribution is -0.121. The summed E-state index contributed by atoms with van der Waals surface area (Å²) in [4.78, 5) is 12.7. The molecule has 0 fully saturated rings. The number of amides is 1. The summed E-state index contributed by atoms with van der Waals surface area (Å²) in [7, 11) is 3.28. The number of methoxy groups -OCH3 is 2. The standard InChI is InChI=1S/C22H27NO4/c1-14-10-15(6-8-19(14)26-5)11-21(24)23-18-13-22(2,3)27-20-9-7-16(25-4)12-17(18)20/h6-10,12,18H,11,13H2,1-5H3,(H,23,24). The fraction of sp³-hybridized carbons (Fsp3) is 0.409. The third kappa shape index (κ3) is 4.35. The lowest BCUT2D eigenvalue weighted by Crippen LogP contribution is -2.41. The number of ether oxygens (including phenoxy) is 3. The van der Waals surface area contributed by atoms with Crippen LogP contribution < -0.4 is 19.5 Å². The Balaban J connectivity index is 1.78. The topological polar surface area (TPSA) is 56.8 Å². The summed E-state index contributed by atoms with van der Waals surface area (Å²) in [6.07, 6.45) is 1.02. The zero-order valence-electron chi connectivity index (χ0n) is 16.6. The Kier molecular flexibility index (Phi) is 5.31. The van der Waals surface area contributed by atoms with Crippen LogP contribution in [0, 0.1) is 6.92 Å². The van der Waals surface area contributed by atoms with Gasteiger partial charge in [-0.25, -0.2) is 0 Å². The Labute approximate surface area is 160 Å². The molecule has 27 heavy (non-hydrogen) atoms. The smallest absolute Gasteiger partial charge is 0.224 e. The predicted octanol–water partition coefficient (Wildman–Crippen LogP) is 3.97. The number of rotatable bonds is 5. The van der Waals surface area contributed by atoms with Gasteiger partial charge in [0.2, 0.25) is 5.91 Å². The van der Waals surface area contributed by atoms with Gasteiger partial charge < -0.3 is 19.5 Å². The Hall–Kier alpha value is -2.69. The molecule has 0 saturated carbocycles. The Morgan fingerprint density at radius 3 is 2.63 bits per heavy atom. The molecule has 0 radical (unpaired) electrons. The predicted molar refractivity (Wildman–Crippen MR) is 105 cm³/mol. The van der Waals surface area contributed by atoms with Crippen LogP contribution in [0.2, 0.25) is 0 Å². The maximum absolute atomic E-state index is 12.7. The largest absolute Gasteiger partial charge is 0.497 e. The first kappa shape index (κ1) is 19.1. The van der Waals surface area contributed by atoms with Gasteiger partial charge in [0.15, 0.2) is 0 Å². The van der Waals surface area contributed by atoms with Crippen molar-refractivity contribution in [1.29, 1.82) is 0 Å². The highest BCUT2D eigenvalue weighted by molar-refractivity contribution is 5.79. The van der Waals surface area contributed by atoms with E-state index >= 15 is 0 Å². The van der Waals surface area contributed by atoms with Crippen molar-refractivity contribution in [3.05, 3.63) is 53.1 Å². The molecule has 1 aliphatic rings. The van der Waals surface area contributed by atoms with Crippen LogP contribution in [0.3, 0.4) is 0 Å². The van der Waals surface area contributed by atoms with Gasteiger partial charge in [0, 0.05) is 12.0 Å². The number of aryl methyl sites for hydroxylation is 1. The molecule has 1 amide bonds. The summed E-state index contributed by atoms with van der Waals surface area (Å²) >= 11 is 0. The van der Waals surface area contributed by atoms with E-state index in [1.807, 2.05) is 57.2 Å². The van der Waals surface area contributed by atoms with Crippen molar-refractivity contribution in [2.45, 2.75) is 45.3 Å². The van der Waals surface area contributed by atoms with Crippen LogP contribution in [0.1, 0.15) is 43.0 Å². The molecule has 5 heteroatoms. The van der Waals surface area contributed by atoms with E-state index < -0.39 is 0 Å². The van der Waals surface area contributed by atoms with E-state index in [2.05, 4.69) is 5.32 Å². The van der Waals surface area contributed by atoms with Crippen molar-refractivity contribution in [3.8, 4) is 17.2 Å². The first-order valence-electron chi connectivity index (χ1n) is 9.11. The fourth-order valence-corrected chi connectivity index (χ4v) is 3.57. The molecule has 0 aliphatic carbocycles. The van der Waals surface area contributed by atoms with Crippen LogP contribution >= 0.6 is 0 Å². The fourth-order valence-electron chi connectivity index (χ4n) is 3.57. The van der Waals surface area contributed by atoms with Gasteiger partial charge in [-0.1, -0.05) is 12.1 Å². The summed E-state index contributed by atoms with van der Waals surface area (Å²) in [6, 6.07) is 11.4. The molecule has 0 spiro atoms. The molecule has 1 heterocycles. The van der Waals surface area contributed by atoms with Gasteiger partial charge in [0.1, 0.15) is 22.8 Å². The SMILES string of the molecule is COc1ccc2c(c1)C(NC(=O)Cc1ccc(OC)c(C)c1)CC(C)(C)O2. The second kappa shape index (κ2) is 7.51. The van der Waals surface area contributed by atoms with Crippen molar-refractivity contribution in [3.63, 3.8) is 0 Å². The van der Waals surface area contributed by atoms with Crippen LogP contribution in [-0.2, 0) is 11.2 Å². The number of fused-ring (bicyclic) bond motifs is 1. The minimum absolute atomic E-state index is 0.0176. The zero-order valence-corrected chi connectivity index (χ0v) is 16.6. The molecule has 0 saturated heterocycles. The lowest BCUT2D eigenvalue weighted by atomic mass is 9.89. The van der Waals surface area contributed by atoms with Gasteiger partial charge in [0.25, 0.3) is 0 Å². The van der Waals surface area contributed by atoms with Gasteiger partial charge in [-0.2, -0.15) is 0 Å². The van der Waals surface area contributed by atoms with Crippen LogP contribution in [0.25, 0.3) is 0 Å². The van der Waals surface area contributed by atoms with Crippen molar-refractivity contribution in [2.75, 3.05) is 14.2 Å². The second-order valence-corrected chi connectivity index (χ2v) is 7.57. The normalized spacial score (nSPS) is 17.4. The average molecular weight is 369 g/mol. The van der Waals surface area contributed by atoms with E-state index in [9.17, 15) is 4.79 Å². The molecule has 1 aliphatic heterocycles. The molecule has 144 valence electrons. The van der Waals surface area contributed by atoms with E-state index in [1.165, 1.54) is 0 Å². The number of carbonyl (C=O) groups excluding carboxylic acids is 1. The average Bonchev–Trinajstić information content (AvgIpc) is 2.60. The molecular formula is C22H27NO4. The molecule has 2 aromatic carbocycles. The summed E-state index contributed by atoms with van der Waals surface area (Å²) < 4.78 is 16.7. The number of hydrogen-bond donors (Lipinski definition) is 1. The van der Waals surface area contributed by atoms with Gasteiger partial charge in [-0.05, 0) is 56.2 Å². The monoisotopic (exact) mass is 369 g/mol. The van der Waals surface area contributed by atoms with E-state index in [4.69, 9.17) is 14.2 Å². The highest BCUT2D eigenvalue weighted by Crippen LogP contribution is 2.41. The molecule has 3 rings (SSSR count). The number of benzene rings is 2. The van der Waals surface area contributed by atoms with Gasteiger partial charge in [-0.3, -0.25) is 4.79 Å². The summed E-state index contributed by atoms with van der Waals surface area (Å²) in [5.41, 5.74) is 2.58. The summed E-state index contributed by atoms with van der Waals surface area (Å²) in [5.74, 6) is 2.35. The van der Waals surface area contributed by atoms with Gasteiger partial charge >= 0.3 is 0 Å². The second-order valence-electron chi connectivity index (χ2n) is 7.57.